The van der Waals surface area contributed by atoms with Gasteiger partial charge in [-0.15, -0.1) is 5.10 Å². The highest BCUT2D eigenvalue weighted by Gasteiger charge is 2.31. The summed E-state index contributed by atoms with van der Waals surface area (Å²) in [5, 5.41) is 8.73. The van der Waals surface area contributed by atoms with Crippen molar-refractivity contribution in [2.24, 2.45) is 13.0 Å². The van der Waals surface area contributed by atoms with E-state index in [4.69, 9.17) is 23.3 Å². The second-order valence-electron chi connectivity index (χ2n) is 9.74. The van der Waals surface area contributed by atoms with Crippen molar-refractivity contribution in [2.45, 2.75) is 25.7 Å². The lowest BCUT2D eigenvalue weighted by molar-refractivity contribution is 0.0553. The van der Waals surface area contributed by atoms with Crippen molar-refractivity contribution >= 4 is 27.9 Å². The number of esters is 1. The van der Waals surface area contributed by atoms with Crippen LogP contribution in [-0.2, 0) is 16.5 Å². The van der Waals surface area contributed by atoms with E-state index in [1.165, 1.54) is 11.8 Å². The molecule has 1 aliphatic heterocycles. The van der Waals surface area contributed by atoms with E-state index in [-0.39, 0.29) is 17.7 Å². The summed E-state index contributed by atoms with van der Waals surface area (Å²) in [7, 11) is 4.57. The monoisotopic (exact) mass is 528 g/mol. The van der Waals surface area contributed by atoms with Crippen LogP contribution in [0.2, 0.25) is 0 Å². The van der Waals surface area contributed by atoms with Gasteiger partial charge in [0.2, 0.25) is 0 Å². The van der Waals surface area contributed by atoms with Crippen molar-refractivity contribution in [3.63, 3.8) is 0 Å². The Morgan fingerprint density at radius 3 is 2.64 bits per heavy atom. The summed E-state index contributed by atoms with van der Waals surface area (Å²) in [6.45, 7) is -1.17. The van der Waals surface area contributed by atoms with Gasteiger partial charge in [-0.25, -0.2) is 9.48 Å². The molecule has 0 amide bonds. The van der Waals surface area contributed by atoms with Crippen LogP contribution in [0.25, 0.3) is 33.2 Å². The molecule has 39 heavy (non-hydrogen) atoms. The number of pyridine rings is 1. The van der Waals surface area contributed by atoms with Gasteiger partial charge in [-0.05, 0) is 49.4 Å². The summed E-state index contributed by atoms with van der Waals surface area (Å²) in [6, 6.07) is 15.5. The number of methoxy groups -OCH3 is 2. The first-order valence-corrected chi connectivity index (χ1v) is 12.9. The molecule has 200 valence electrons. The summed E-state index contributed by atoms with van der Waals surface area (Å²) >= 11 is 0. The Balaban J connectivity index is 1.73. The van der Waals surface area contributed by atoms with Gasteiger partial charge in [0, 0.05) is 36.1 Å². The smallest absolute Gasteiger partial charge is 0.338 e. The molecule has 4 heterocycles. The van der Waals surface area contributed by atoms with Crippen molar-refractivity contribution in [3.8, 4) is 17.0 Å². The fraction of sp³-hybridized carbons (Fsp3) is 0.333. The van der Waals surface area contributed by atoms with Gasteiger partial charge < -0.3 is 18.8 Å². The molecule has 9 nitrogen and oxygen atoms in total. The highest BCUT2D eigenvalue weighted by molar-refractivity contribution is 6.12. The van der Waals surface area contributed by atoms with E-state index in [1.807, 2.05) is 30.3 Å². The molecular weight excluding hydrogens is 494 g/mol. The summed E-state index contributed by atoms with van der Waals surface area (Å²) < 4.78 is 44.4. The molecule has 1 atom stereocenters. The van der Waals surface area contributed by atoms with E-state index in [2.05, 4.69) is 27.0 Å². The number of carbonyl (C=O) groups excluding carboxylic acids is 1. The van der Waals surface area contributed by atoms with Crippen molar-refractivity contribution in [3.05, 3.63) is 71.5 Å². The summed E-state index contributed by atoms with van der Waals surface area (Å²) in [4.78, 5) is 17.7. The molecule has 6 rings (SSSR count). The number of carbonyl (C=O) groups is 1. The summed E-state index contributed by atoms with van der Waals surface area (Å²) in [5.41, 5.74) is 4.48. The lowest BCUT2D eigenvalue weighted by atomic mass is 9.86. The zero-order valence-corrected chi connectivity index (χ0v) is 22.0. The van der Waals surface area contributed by atoms with Crippen molar-refractivity contribution in [2.75, 3.05) is 27.4 Å². The minimum atomic E-state index is -2.46. The van der Waals surface area contributed by atoms with Gasteiger partial charge >= 0.3 is 5.97 Å². The first-order chi connectivity index (χ1) is 20.2. The van der Waals surface area contributed by atoms with Crippen LogP contribution < -0.4 is 4.74 Å². The number of benzene rings is 2. The van der Waals surface area contributed by atoms with Gasteiger partial charge in [-0.1, -0.05) is 35.5 Å². The van der Waals surface area contributed by atoms with Gasteiger partial charge in [0.15, 0.2) is 0 Å². The second kappa shape index (κ2) is 10.1. The first kappa shape index (κ1) is 21.7. The topological polar surface area (TPSA) is 93.3 Å². The molecule has 2 aromatic carbocycles. The Morgan fingerprint density at radius 2 is 1.92 bits per heavy atom. The minimum absolute atomic E-state index is 0.0941. The summed E-state index contributed by atoms with van der Waals surface area (Å²) in [5.74, 6) is 0.222. The average Bonchev–Trinajstić information content (AvgIpc) is 3.55. The van der Waals surface area contributed by atoms with E-state index in [0.29, 0.717) is 41.3 Å². The van der Waals surface area contributed by atoms with Gasteiger partial charge in [0.1, 0.15) is 5.75 Å². The highest BCUT2D eigenvalue weighted by Crippen LogP contribution is 2.44. The molecule has 1 saturated heterocycles. The molecule has 0 spiro atoms. The predicted molar refractivity (Wildman–Crippen MR) is 148 cm³/mol. The lowest BCUT2D eigenvalue weighted by Gasteiger charge is -2.33. The molecule has 3 aromatic heterocycles. The normalized spacial score (nSPS) is 16.5. The van der Waals surface area contributed by atoms with E-state index in [9.17, 15) is 4.79 Å². The molecule has 0 unspecified atom stereocenters. The Morgan fingerprint density at radius 1 is 1.13 bits per heavy atom. The molecule has 0 N–H and O–H groups in total. The number of hydrogen-bond acceptors (Lipinski definition) is 7. The molecule has 0 bridgehead atoms. The predicted octanol–water partition coefficient (Wildman–Crippen LogP) is 5.10. The van der Waals surface area contributed by atoms with Gasteiger partial charge in [-0.2, -0.15) is 0 Å². The Kier molecular flexibility index (Phi) is 5.64. The van der Waals surface area contributed by atoms with Crippen LogP contribution in [0.15, 0.2) is 54.7 Å². The zero-order chi connectivity index (χ0) is 29.6. The van der Waals surface area contributed by atoms with Crippen LogP contribution in [-0.4, -0.2) is 57.9 Å². The average molecular weight is 529 g/mol. The van der Waals surface area contributed by atoms with Crippen LogP contribution in [0.1, 0.15) is 44.6 Å². The summed E-state index contributed by atoms with van der Waals surface area (Å²) in [6.07, 6.45) is 3.33. The van der Waals surface area contributed by atoms with Crippen LogP contribution in [0.5, 0.6) is 5.75 Å². The maximum atomic E-state index is 12.8. The minimum Gasteiger partial charge on any atom is -0.496 e. The van der Waals surface area contributed by atoms with E-state index < -0.39 is 12.8 Å². The molecule has 5 aromatic rings. The quantitative estimate of drug-likeness (QED) is 0.283. The van der Waals surface area contributed by atoms with E-state index in [1.54, 1.807) is 26.4 Å². The second-order valence-corrected chi connectivity index (χ2v) is 9.74. The third-order valence-corrected chi connectivity index (χ3v) is 7.58. The maximum Gasteiger partial charge on any atom is 0.338 e. The zero-order valence-electron chi connectivity index (χ0n) is 25.0. The van der Waals surface area contributed by atoms with Gasteiger partial charge in [-0.3, -0.25) is 4.98 Å². The molecular formula is C30H31N5O4. The fourth-order valence-corrected chi connectivity index (χ4v) is 5.81. The standard InChI is InChI=1S/C30H31N5O4/c1-18-28(34(2)33-32-18)22-15-24-27(31-17-22)26-23(14-21(30(36)38-4)16-25(26)37-3)35(24)29(19-8-6-5-7-9-19)20-10-12-39-13-11-20/h5-9,14-17,20,29H,10-13H2,1-4H3/t29-/m1/s1/i1D3. The van der Waals surface area contributed by atoms with Crippen molar-refractivity contribution < 1.29 is 23.1 Å². The molecule has 9 heteroatoms. The first-order valence-electron chi connectivity index (χ1n) is 14.4. The number of rotatable bonds is 6. The SMILES string of the molecule is [2H]C([2H])([2H])c1nnn(C)c1-c1cnc2c3c(OC)cc(C(=O)OC)cc3n([C@H](c3ccccc3)C3CCOCC3)c2c1. The number of hydrogen-bond donors (Lipinski definition) is 0. The van der Waals surface area contributed by atoms with Crippen LogP contribution in [0.4, 0.5) is 0 Å². The number of aromatic nitrogens is 5. The maximum absolute atomic E-state index is 12.8. The number of nitrogens with zero attached hydrogens (tertiary/aromatic N) is 5. The van der Waals surface area contributed by atoms with E-state index in [0.717, 1.165) is 34.8 Å². The molecule has 1 fully saturated rings. The van der Waals surface area contributed by atoms with Gasteiger partial charge in [0.25, 0.3) is 0 Å². The Labute approximate surface area is 230 Å². The third kappa shape index (κ3) is 4.23. The Hall–Kier alpha value is -4.24. The van der Waals surface area contributed by atoms with E-state index >= 15 is 0 Å². The Bertz CT molecular complexity index is 1780. The molecule has 0 saturated carbocycles. The van der Waals surface area contributed by atoms with Crippen LogP contribution >= 0.6 is 0 Å². The third-order valence-electron chi connectivity index (χ3n) is 7.58. The van der Waals surface area contributed by atoms with Crippen molar-refractivity contribution in [1.29, 1.82) is 0 Å². The van der Waals surface area contributed by atoms with Gasteiger partial charge in [0.05, 0.1) is 59.1 Å². The fourth-order valence-electron chi connectivity index (χ4n) is 5.81. The molecule has 0 aliphatic carbocycles. The van der Waals surface area contributed by atoms with Crippen LogP contribution in [0, 0.1) is 12.8 Å². The number of ether oxygens (including phenoxy) is 3. The van der Waals surface area contributed by atoms with Crippen molar-refractivity contribution in [1.82, 2.24) is 24.5 Å². The number of aryl methyl sites for hydroxylation is 2. The number of fused-ring (bicyclic) bond motifs is 3. The lowest BCUT2D eigenvalue weighted by Crippen LogP contribution is -2.27. The molecule has 1 aliphatic rings. The van der Waals surface area contributed by atoms with Crippen LogP contribution in [0.3, 0.4) is 0 Å². The highest BCUT2D eigenvalue weighted by atomic mass is 16.5. The largest absolute Gasteiger partial charge is 0.496 e. The molecule has 0 radical (unpaired) electrons.